The summed E-state index contributed by atoms with van der Waals surface area (Å²) < 4.78 is 46.7. The van der Waals surface area contributed by atoms with Gasteiger partial charge in [0.1, 0.15) is 17.6 Å². The zero-order chi connectivity index (χ0) is 20.8. The van der Waals surface area contributed by atoms with Crippen LogP contribution in [0.25, 0.3) is 22.0 Å². The number of nitrogens with zero attached hydrogens (tertiary/aromatic N) is 1. The number of carbonyl (C=O) groups is 2. The van der Waals surface area contributed by atoms with E-state index in [0.717, 1.165) is 16.8 Å². The molecule has 28 heavy (non-hydrogen) atoms. The lowest BCUT2D eigenvalue weighted by molar-refractivity contribution is -0.137. The molecule has 0 saturated heterocycles. The van der Waals surface area contributed by atoms with Crippen molar-refractivity contribution in [3.05, 3.63) is 52.7 Å². The largest absolute Gasteiger partial charge is 0.417 e. The first-order valence-electron chi connectivity index (χ1n) is 7.49. The van der Waals surface area contributed by atoms with E-state index in [-0.39, 0.29) is 27.2 Å². The molecular formula is C17H10Cl2F3N3O3. The molecule has 11 heteroatoms. The summed E-state index contributed by atoms with van der Waals surface area (Å²) >= 11 is 11.4. The summed E-state index contributed by atoms with van der Waals surface area (Å²) in [5, 5.41) is -0.208. The minimum atomic E-state index is -4.87. The highest BCUT2D eigenvalue weighted by Crippen LogP contribution is 2.45. The Morgan fingerprint density at radius 1 is 1.11 bits per heavy atom. The van der Waals surface area contributed by atoms with Gasteiger partial charge in [-0.1, -0.05) is 11.6 Å². The lowest BCUT2D eigenvalue weighted by atomic mass is 9.96. The highest BCUT2D eigenvalue weighted by Gasteiger charge is 2.36. The number of fused-ring (bicyclic) bond motifs is 1. The van der Waals surface area contributed by atoms with Gasteiger partial charge in [0.25, 0.3) is 0 Å². The van der Waals surface area contributed by atoms with Crippen LogP contribution in [0, 0.1) is 0 Å². The van der Waals surface area contributed by atoms with Crippen LogP contribution in [0.4, 0.5) is 18.0 Å². The summed E-state index contributed by atoms with van der Waals surface area (Å²) in [4.78, 5) is 23.1. The number of benzene rings is 2. The predicted molar refractivity (Wildman–Crippen MR) is 97.4 cm³/mol. The summed E-state index contributed by atoms with van der Waals surface area (Å²) in [6.07, 6.45) is -3.75. The van der Waals surface area contributed by atoms with E-state index in [2.05, 4.69) is 4.29 Å². The minimum Gasteiger partial charge on any atom is -0.386 e. The van der Waals surface area contributed by atoms with Crippen molar-refractivity contribution in [3.8, 4) is 16.9 Å². The molecule has 0 aliphatic heterocycles. The first-order chi connectivity index (χ1) is 13.0. The van der Waals surface area contributed by atoms with Crippen molar-refractivity contribution in [2.75, 3.05) is 0 Å². The number of carbonyl (C=O) groups excluding carboxylic acids is 2. The van der Waals surface area contributed by atoms with Crippen molar-refractivity contribution in [2.24, 2.45) is 11.5 Å². The van der Waals surface area contributed by atoms with Gasteiger partial charge in [-0.3, -0.25) is 9.36 Å². The number of amides is 2. The van der Waals surface area contributed by atoms with Crippen LogP contribution in [0.1, 0.15) is 15.9 Å². The quantitative estimate of drug-likeness (QED) is 0.636. The van der Waals surface area contributed by atoms with Crippen LogP contribution in [0.3, 0.4) is 0 Å². The van der Waals surface area contributed by atoms with Crippen LogP contribution < -0.4 is 15.8 Å². The number of hydrogen-bond donors (Lipinski definition) is 2. The maximum atomic E-state index is 13.7. The summed E-state index contributed by atoms with van der Waals surface area (Å²) in [6, 6.07) is 4.83. The predicted octanol–water partition coefficient (Wildman–Crippen LogP) is 4.54. The van der Waals surface area contributed by atoms with Crippen LogP contribution in [-0.4, -0.2) is 16.5 Å². The Hall–Kier alpha value is -2.91. The topological polar surface area (TPSA) is 100 Å². The normalized spacial score (nSPS) is 11.6. The van der Waals surface area contributed by atoms with Gasteiger partial charge in [-0.2, -0.15) is 13.2 Å². The number of aromatic nitrogens is 1. The molecule has 2 amide bonds. The lowest BCUT2D eigenvalue weighted by Gasteiger charge is -2.15. The molecule has 0 fully saturated rings. The van der Waals surface area contributed by atoms with Crippen molar-refractivity contribution in [3.63, 3.8) is 0 Å². The lowest BCUT2D eigenvalue weighted by Crippen LogP contribution is -2.18. The van der Waals surface area contributed by atoms with E-state index in [1.54, 1.807) is 0 Å². The average molecular weight is 432 g/mol. The SMILES string of the molecule is NC(=O)c1cc(Cl)c(-c2cn(C(N)=O)c3ccc(OCl)cc23)c(C(F)(F)F)c1. The molecule has 3 rings (SSSR count). The Labute approximate surface area is 165 Å². The average Bonchev–Trinajstić information content (AvgIpc) is 2.98. The maximum Gasteiger partial charge on any atom is 0.417 e. The van der Waals surface area contributed by atoms with Gasteiger partial charge in [-0.15, -0.1) is 0 Å². The summed E-state index contributed by atoms with van der Waals surface area (Å²) in [5.74, 6) is -0.951. The molecule has 0 aliphatic rings. The molecule has 0 unspecified atom stereocenters. The molecule has 146 valence electrons. The summed E-state index contributed by atoms with van der Waals surface area (Å²) in [6.45, 7) is 0. The molecule has 0 aliphatic carbocycles. The first-order valence-corrected chi connectivity index (χ1v) is 8.17. The van der Waals surface area contributed by atoms with Crippen molar-refractivity contribution >= 4 is 46.3 Å². The Morgan fingerprint density at radius 2 is 1.79 bits per heavy atom. The van der Waals surface area contributed by atoms with Crippen LogP contribution in [0.15, 0.2) is 36.5 Å². The molecule has 3 aromatic rings. The monoisotopic (exact) mass is 431 g/mol. The van der Waals surface area contributed by atoms with Gasteiger partial charge >= 0.3 is 12.2 Å². The van der Waals surface area contributed by atoms with E-state index in [9.17, 15) is 22.8 Å². The molecule has 2 aromatic carbocycles. The second-order valence-electron chi connectivity index (χ2n) is 5.75. The van der Waals surface area contributed by atoms with E-state index >= 15 is 0 Å². The van der Waals surface area contributed by atoms with Crippen molar-refractivity contribution in [2.45, 2.75) is 6.18 Å². The minimum absolute atomic E-state index is 0.0577. The van der Waals surface area contributed by atoms with Crippen LogP contribution in [0.5, 0.6) is 5.75 Å². The molecule has 6 nitrogen and oxygen atoms in total. The number of rotatable bonds is 3. The van der Waals surface area contributed by atoms with Crippen molar-refractivity contribution in [1.29, 1.82) is 0 Å². The third kappa shape index (κ3) is 3.34. The molecule has 0 spiro atoms. The number of nitrogens with two attached hydrogens (primary N) is 2. The fourth-order valence-electron chi connectivity index (χ4n) is 2.88. The Balaban J connectivity index is 2.45. The molecule has 4 N–H and O–H groups in total. The fourth-order valence-corrected chi connectivity index (χ4v) is 3.30. The van der Waals surface area contributed by atoms with Gasteiger partial charge in [-0.05, 0) is 30.3 Å². The van der Waals surface area contributed by atoms with E-state index in [1.807, 2.05) is 0 Å². The third-order valence-electron chi connectivity index (χ3n) is 4.05. The van der Waals surface area contributed by atoms with Crippen LogP contribution >= 0.6 is 23.5 Å². The second kappa shape index (κ2) is 6.92. The Kier molecular flexibility index (Phi) is 4.90. The second-order valence-corrected chi connectivity index (χ2v) is 6.31. The molecule has 0 radical (unpaired) electrons. The van der Waals surface area contributed by atoms with E-state index < -0.39 is 34.8 Å². The Morgan fingerprint density at radius 3 is 2.32 bits per heavy atom. The van der Waals surface area contributed by atoms with Gasteiger partial charge < -0.3 is 15.8 Å². The number of alkyl halides is 3. The summed E-state index contributed by atoms with van der Waals surface area (Å²) in [5.41, 5.74) is 8.51. The number of halogens is 5. The van der Waals surface area contributed by atoms with Crippen molar-refractivity contribution in [1.82, 2.24) is 4.57 Å². The Bertz CT molecular complexity index is 1130. The molecular weight excluding hydrogens is 422 g/mol. The fraction of sp³-hybridized carbons (Fsp3) is 0.0588. The van der Waals surface area contributed by atoms with Gasteiger partial charge in [0.15, 0.2) is 0 Å². The highest BCUT2D eigenvalue weighted by atomic mass is 35.5. The third-order valence-corrected chi connectivity index (χ3v) is 4.53. The van der Waals surface area contributed by atoms with Gasteiger partial charge in [0, 0.05) is 33.3 Å². The molecule has 0 bridgehead atoms. The zero-order valence-corrected chi connectivity index (χ0v) is 15.2. The van der Waals surface area contributed by atoms with E-state index in [1.165, 1.54) is 18.2 Å². The van der Waals surface area contributed by atoms with Crippen molar-refractivity contribution < 1.29 is 27.0 Å². The van der Waals surface area contributed by atoms with E-state index in [4.69, 9.17) is 34.9 Å². The van der Waals surface area contributed by atoms with Crippen LogP contribution in [0.2, 0.25) is 5.02 Å². The maximum absolute atomic E-state index is 13.7. The molecule has 1 aromatic heterocycles. The highest BCUT2D eigenvalue weighted by molar-refractivity contribution is 6.34. The van der Waals surface area contributed by atoms with Crippen LogP contribution in [-0.2, 0) is 6.18 Å². The van der Waals surface area contributed by atoms with Gasteiger partial charge in [0.05, 0.1) is 11.1 Å². The standard InChI is InChI=1S/C17H10Cl2F3N3O3/c18-12-4-7(15(23)26)3-11(17(20,21)22)14(12)10-6-25(16(24)27)13-2-1-8(28-19)5-9(10)13/h1-6H,(H2,23,26)(H2,24,27). The smallest absolute Gasteiger partial charge is 0.386 e. The number of primary amides is 2. The zero-order valence-electron chi connectivity index (χ0n) is 13.7. The molecule has 0 saturated carbocycles. The van der Waals surface area contributed by atoms with Gasteiger partial charge in [0.2, 0.25) is 5.91 Å². The number of hydrogen-bond acceptors (Lipinski definition) is 3. The van der Waals surface area contributed by atoms with Gasteiger partial charge in [-0.25, -0.2) is 4.79 Å². The molecule has 0 atom stereocenters. The molecule has 1 heterocycles. The first kappa shape index (κ1) is 19.8. The summed E-state index contributed by atoms with van der Waals surface area (Å²) in [7, 11) is 0. The van der Waals surface area contributed by atoms with E-state index in [0.29, 0.717) is 6.07 Å².